The molecule has 1 aliphatic heterocycles. The molecule has 1 aromatic rings. The van der Waals surface area contributed by atoms with Crippen LogP contribution in [-0.2, 0) is 0 Å². The van der Waals surface area contributed by atoms with Gasteiger partial charge in [-0.15, -0.1) is 0 Å². The van der Waals surface area contributed by atoms with E-state index in [1.807, 2.05) is 0 Å². The van der Waals surface area contributed by atoms with Crippen LogP contribution in [0.5, 0.6) is 0 Å². The number of nitrogens with two attached hydrogens (primary N) is 1. The van der Waals surface area contributed by atoms with E-state index in [4.69, 9.17) is 0 Å². The lowest BCUT2D eigenvalue weighted by Gasteiger charge is -2.26. The summed E-state index contributed by atoms with van der Waals surface area (Å²) in [6.07, 6.45) is 2.19. The fourth-order valence-corrected chi connectivity index (χ4v) is 2.24. The summed E-state index contributed by atoms with van der Waals surface area (Å²) in [6.45, 7) is 3.72. The van der Waals surface area contributed by atoms with E-state index < -0.39 is 5.97 Å². The summed E-state index contributed by atoms with van der Waals surface area (Å²) in [5, 5.41) is 13.2. The van der Waals surface area contributed by atoms with Crippen LogP contribution in [0.15, 0.2) is 6.07 Å². The van der Waals surface area contributed by atoms with Gasteiger partial charge in [0.15, 0.2) is 0 Å². The molecule has 0 radical (unpaired) electrons. The number of carboxylic acid groups (broad SMARTS) is 1. The van der Waals surface area contributed by atoms with Gasteiger partial charge in [0.2, 0.25) is 5.95 Å². The van der Waals surface area contributed by atoms with E-state index in [9.17, 15) is 9.90 Å². The van der Waals surface area contributed by atoms with Crippen LogP contribution in [0.1, 0.15) is 34.9 Å². The van der Waals surface area contributed by atoms with Gasteiger partial charge in [-0.2, -0.15) is 0 Å². The Balaban J connectivity index is 1.93. The zero-order valence-corrected chi connectivity index (χ0v) is 10.1. The second kappa shape index (κ2) is 4.53. The highest BCUT2D eigenvalue weighted by Gasteiger charge is 2.27. The first kappa shape index (κ1) is 11.4. The maximum Gasteiger partial charge on any atom is 0.226 e. The van der Waals surface area contributed by atoms with Gasteiger partial charge in [-0.05, 0) is 18.9 Å². The molecule has 0 spiro atoms. The number of aromatic carboxylic acids is 1. The van der Waals surface area contributed by atoms with Crippen molar-refractivity contribution in [2.45, 2.75) is 18.8 Å². The van der Waals surface area contributed by atoms with E-state index in [2.05, 4.69) is 20.2 Å². The highest BCUT2D eigenvalue weighted by atomic mass is 16.4. The van der Waals surface area contributed by atoms with Gasteiger partial charge in [-0.1, -0.05) is 0 Å². The van der Waals surface area contributed by atoms with Crippen molar-refractivity contribution in [2.75, 3.05) is 31.1 Å². The van der Waals surface area contributed by atoms with Gasteiger partial charge in [-0.25, -0.2) is 9.97 Å². The first-order valence-corrected chi connectivity index (χ1v) is 6.41. The van der Waals surface area contributed by atoms with Crippen molar-refractivity contribution in [3.63, 3.8) is 0 Å². The summed E-state index contributed by atoms with van der Waals surface area (Å²) in [4.78, 5) is 21.7. The summed E-state index contributed by atoms with van der Waals surface area (Å²) in [5.74, 6) is -0.253. The van der Waals surface area contributed by atoms with Gasteiger partial charge >= 0.3 is 0 Å². The SMILES string of the molecule is O=C([O-])c1cc(C2CC2)nc(N2CC[NH2+]CC2)n1. The number of nitrogens with zero attached hydrogens (tertiary/aromatic N) is 3. The third-order valence-electron chi connectivity index (χ3n) is 3.43. The fraction of sp³-hybridized carbons (Fsp3) is 0.583. The van der Waals surface area contributed by atoms with Crippen LogP contribution in [0.25, 0.3) is 0 Å². The maximum absolute atomic E-state index is 11.0. The summed E-state index contributed by atoms with van der Waals surface area (Å²) in [5.41, 5.74) is 0.866. The Bertz CT molecular complexity index is 467. The van der Waals surface area contributed by atoms with Crippen LogP contribution in [0, 0.1) is 0 Å². The zero-order valence-electron chi connectivity index (χ0n) is 10.1. The standard InChI is InChI=1S/C12H16N4O2/c17-11(18)10-7-9(8-1-2-8)14-12(15-10)16-5-3-13-4-6-16/h7-8,13H,1-6H2,(H,17,18). The third-order valence-corrected chi connectivity index (χ3v) is 3.43. The molecule has 1 saturated heterocycles. The molecule has 2 aliphatic rings. The second-order valence-corrected chi connectivity index (χ2v) is 4.89. The molecule has 0 amide bonds. The van der Waals surface area contributed by atoms with Crippen LogP contribution < -0.4 is 15.3 Å². The number of piperazine rings is 1. The molecular formula is C12H16N4O2. The zero-order chi connectivity index (χ0) is 12.5. The average Bonchev–Trinajstić information content (AvgIpc) is 3.23. The molecule has 0 aromatic carbocycles. The number of carbonyl (C=O) groups excluding carboxylic acids is 1. The van der Waals surface area contributed by atoms with Gasteiger partial charge < -0.3 is 20.1 Å². The van der Waals surface area contributed by atoms with E-state index >= 15 is 0 Å². The van der Waals surface area contributed by atoms with Gasteiger partial charge in [-0.3, -0.25) is 0 Å². The Kier molecular flexibility index (Phi) is 2.87. The summed E-state index contributed by atoms with van der Waals surface area (Å²) >= 11 is 0. The number of aromatic nitrogens is 2. The highest BCUT2D eigenvalue weighted by molar-refractivity contribution is 5.83. The lowest BCUT2D eigenvalue weighted by molar-refractivity contribution is -0.655. The average molecular weight is 248 g/mol. The Morgan fingerprint density at radius 3 is 2.67 bits per heavy atom. The van der Waals surface area contributed by atoms with E-state index in [0.717, 1.165) is 44.7 Å². The molecule has 2 heterocycles. The number of carbonyl (C=O) groups is 1. The molecule has 0 atom stereocenters. The van der Waals surface area contributed by atoms with Crippen molar-refractivity contribution < 1.29 is 15.2 Å². The minimum absolute atomic E-state index is 0.0106. The Morgan fingerprint density at radius 2 is 2.06 bits per heavy atom. The van der Waals surface area contributed by atoms with E-state index in [-0.39, 0.29) is 5.69 Å². The third kappa shape index (κ3) is 2.28. The maximum atomic E-state index is 11.0. The Labute approximate surface area is 105 Å². The largest absolute Gasteiger partial charge is 0.543 e. The second-order valence-electron chi connectivity index (χ2n) is 4.89. The van der Waals surface area contributed by atoms with Gasteiger partial charge in [0.25, 0.3) is 0 Å². The fourth-order valence-electron chi connectivity index (χ4n) is 2.24. The van der Waals surface area contributed by atoms with Crippen molar-refractivity contribution in [3.8, 4) is 0 Å². The summed E-state index contributed by atoms with van der Waals surface area (Å²) < 4.78 is 0. The van der Waals surface area contributed by atoms with Crippen LogP contribution in [0.2, 0.25) is 0 Å². The molecular weight excluding hydrogens is 232 g/mol. The predicted molar refractivity (Wildman–Crippen MR) is 62.2 cm³/mol. The molecule has 96 valence electrons. The Morgan fingerprint density at radius 1 is 1.33 bits per heavy atom. The smallest absolute Gasteiger partial charge is 0.226 e. The van der Waals surface area contributed by atoms with Crippen molar-refractivity contribution in [1.29, 1.82) is 0 Å². The van der Waals surface area contributed by atoms with E-state index in [0.29, 0.717) is 11.9 Å². The predicted octanol–water partition coefficient (Wildman–Crippen LogP) is -1.90. The number of hydrogen-bond acceptors (Lipinski definition) is 5. The van der Waals surface area contributed by atoms with E-state index in [1.54, 1.807) is 6.07 Å². The molecule has 1 saturated carbocycles. The van der Waals surface area contributed by atoms with Crippen molar-refractivity contribution in [2.24, 2.45) is 0 Å². The lowest BCUT2D eigenvalue weighted by Crippen LogP contribution is -2.89. The topological polar surface area (TPSA) is 85.8 Å². The Hall–Kier alpha value is -1.69. The number of anilines is 1. The molecule has 1 aliphatic carbocycles. The molecule has 3 rings (SSSR count). The van der Waals surface area contributed by atoms with Crippen LogP contribution >= 0.6 is 0 Å². The highest BCUT2D eigenvalue weighted by Crippen LogP contribution is 2.39. The normalized spacial score (nSPS) is 19.9. The molecule has 0 unspecified atom stereocenters. The monoisotopic (exact) mass is 248 g/mol. The number of rotatable bonds is 3. The quantitative estimate of drug-likeness (QED) is 0.675. The number of carboxylic acids is 1. The molecule has 2 N–H and O–H groups in total. The van der Waals surface area contributed by atoms with E-state index in [1.165, 1.54) is 0 Å². The molecule has 6 nitrogen and oxygen atoms in total. The molecule has 0 bridgehead atoms. The molecule has 2 fully saturated rings. The minimum Gasteiger partial charge on any atom is -0.543 e. The lowest BCUT2D eigenvalue weighted by atomic mass is 10.2. The first-order chi connectivity index (χ1) is 8.74. The molecule has 6 heteroatoms. The van der Waals surface area contributed by atoms with Gasteiger partial charge in [0, 0.05) is 11.6 Å². The van der Waals surface area contributed by atoms with Crippen LogP contribution in [0.3, 0.4) is 0 Å². The van der Waals surface area contributed by atoms with Crippen molar-refractivity contribution >= 4 is 11.9 Å². The van der Waals surface area contributed by atoms with Crippen molar-refractivity contribution in [1.82, 2.24) is 9.97 Å². The van der Waals surface area contributed by atoms with Gasteiger partial charge in [0.05, 0.1) is 37.8 Å². The minimum atomic E-state index is -1.22. The molecule has 18 heavy (non-hydrogen) atoms. The van der Waals surface area contributed by atoms with Crippen LogP contribution in [0.4, 0.5) is 5.95 Å². The van der Waals surface area contributed by atoms with Crippen molar-refractivity contribution in [3.05, 3.63) is 17.5 Å². The van der Waals surface area contributed by atoms with Crippen LogP contribution in [-0.4, -0.2) is 42.1 Å². The van der Waals surface area contributed by atoms with Gasteiger partial charge in [0.1, 0.15) is 0 Å². The summed E-state index contributed by atoms with van der Waals surface area (Å²) in [7, 11) is 0. The number of quaternary nitrogens is 1. The summed E-state index contributed by atoms with van der Waals surface area (Å²) in [6, 6.07) is 1.56. The molecule has 1 aromatic heterocycles. The number of hydrogen-bond donors (Lipinski definition) is 1. The first-order valence-electron chi connectivity index (χ1n) is 6.41.